The average Bonchev–Trinajstić information content (AvgIpc) is 2.27. The van der Waals surface area contributed by atoms with E-state index in [1.807, 2.05) is 0 Å². The first-order chi connectivity index (χ1) is 8.80. The maximum absolute atomic E-state index is 5.81. The van der Waals surface area contributed by atoms with Gasteiger partial charge in [0.05, 0.1) is 0 Å². The first-order valence-electron chi connectivity index (χ1n) is 8.26. The lowest BCUT2D eigenvalue weighted by atomic mass is 9.75. The number of nitrogens with two attached hydrogens (primary N) is 1. The smallest absolute Gasteiger partial charge is 0.00927 e. The molecule has 1 aliphatic rings. The normalized spacial score (nSPS) is 23.5. The van der Waals surface area contributed by atoms with Gasteiger partial charge in [0.1, 0.15) is 0 Å². The molecule has 2 heteroatoms. The molecule has 1 saturated carbocycles. The summed E-state index contributed by atoms with van der Waals surface area (Å²) in [6.45, 7) is 10.6. The van der Waals surface area contributed by atoms with Gasteiger partial charge in [-0.3, -0.25) is 0 Å². The van der Waals surface area contributed by atoms with Gasteiger partial charge in [-0.2, -0.15) is 0 Å². The summed E-state index contributed by atoms with van der Waals surface area (Å²) in [5.41, 5.74) is 6.40. The Morgan fingerprint density at radius 3 is 2.26 bits per heavy atom. The van der Waals surface area contributed by atoms with E-state index in [9.17, 15) is 0 Å². The second kappa shape index (κ2) is 7.64. The van der Waals surface area contributed by atoms with E-state index in [2.05, 4.69) is 39.6 Å². The highest BCUT2D eigenvalue weighted by atomic mass is 15.1. The molecule has 0 aromatic heterocycles. The van der Waals surface area contributed by atoms with Crippen LogP contribution < -0.4 is 5.73 Å². The largest absolute Gasteiger partial charge is 0.328 e. The first-order valence-corrected chi connectivity index (χ1v) is 8.26. The van der Waals surface area contributed by atoms with E-state index in [1.54, 1.807) is 0 Å². The summed E-state index contributed by atoms with van der Waals surface area (Å²) in [7, 11) is 2.32. The molecule has 0 bridgehead atoms. The molecule has 114 valence electrons. The Balaban J connectivity index is 2.21. The van der Waals surface area contributed by atoms with Crippen molar-refractivity contribution in [2.75, 3.05) is 13.6 Å². The monoisotopic (exact) mass is 268 g/mol. The maximum Gasteiger partial charge on any atom is 0.00927 e. The van der Waals surface area contributed by atoms with Gasteiger partial charge >= 0.3 is 0 Å². The SMILES string of the molecule is CC(N)CCCC(C)CN(C)C1CCC(C)(C)CC1. The summed E-state index contributed by atoms with van der Waals surface area (Å²) in [5.74, 6) is 0.804. The minimum Gasteiger partial charge on any atom is -0.328 e. The Kier molecular flexibility index (Phi) is 6.82. The van der Waals surface area contributed by atoms with Gasteiger partial charge in [0.15, 0.2) is 0 Å². The fraction of sp³-hybridized carbons (Fsp3) is 1.00. The highest BCUT2D eigenvalue weighted by Crippen LogP contribution is 2.36. The zero-order valence-corrected chi connectivity index (χ0v) is 13.9. The van der Waals surface area contributed by atoms with Gasteiger partial charge in [-0.15, -0.1) is 0 Å². The predicted molar refractivity (Wildman–Crippen MR) is 85.3 cm³/mol. The third kappa shape index (κ3) is 6.76. The minimum atomic E-state index is 0.366. The van der Waals surface area contributed by atoms with Crippen LogP contribution in [0.3, 0.4) is 0 Å². The van der Waals surface area contributed by atoms with Crippen LogP contribution in [-0.4, -0.2) is 30.6 Å². The molecular weight excluding hydrogens is 232 g/mol. The Morgan fingerprint density at radius 2 is 1.74 bits per heavy atom. The third-order valence-corrected chi connectivity index (χ3v) is 4.89. The van der Waals surface area contributed by atoms with Crippen molar-refractivity contribution in [3.63, 3.8) is 0 Å². The molecule has 0 amide bonds. The lowest BCUT2D eigenvalue weighted by molar-refractivity contribution is 0.115. The van der Waals surface area contributed by atoms with Gasteiger partial charge in [-0.1, -0.05) is 27.2 Å². The summed E-state index contributed by atoms with van der Waals surface area (Å²) in [6, 6.07) is 1.19. The quantitative estimate of drug-likeness (QED) is 0.755. The molecule has 1 fully saturated rings. The first kappa shape index (κ1) is 17.0. The van der Waals surface area contributed by atoms with Crippen LogP contribution >= 0.6 is 0 Å². The molecule has 2 N–H and O–H groups in total. The Morgan fingerprint density at radius 1 is 1.16 bits per heavy atom. The van der Waals surface area contributed by atoms with E-state index in [4.69, 9.17) is 5.73 Å². The molecule has 0 spiro atoms. The molecule has 0 heterocycles. The zero-order chi connectivity index (χ0) is 14.5. The fourth-order valence-electron chi connectivity index (χ4n) is 3.35. The standard InChI is InChI=1S/C17H36N2/c1-14(7-6-8-15(2)18)13-19(5)16-9-11-17(3,4)12-10-16/h14-16H,6-13,18H2,1-5H3. The van der Waals surface area contributed by atoms with Crippen molar-refractivity contribution >= 4 is 0 Å². The molecule has 19 heavy (non-hydrogen) atoms. The van der Waals surface area contributed by atoms with E-state index >= 15 is 0 Å². The molecule has 2 nitrogen and oxygen atoms in total. The highest BCUT2D eigenvalue weighted by Gasteiger charge is 2.28. The van der Waals surface area contributed by atoms with Crippen molar-refractivity contribution < 1.29 is 0 Å². The van der Waals surface area contributed by atoms with E-state index in [1.165, 1.54) is 51.5 Å². The summed E-state index contributed by atoms with van der Waals surface area (Å²) < 4.78 is 0. The number of rotatable bonds is 7. The third-order valence-electron chi connectivity index (χ3n) is 4.89. The van der Waals surface area contributed by atoms with Crippen molar-refractivity contribution in [1.82, 2.24) is 4.90 Å². The molecule has 0 saturated heterocycles. The summed E-state index contributed by atoms with van der Waals surface area (Å²) in [5, 5.41) is 0. The second-order valence-electron chi connectivity index (χ2n) is 7.85. The topological polar surface area (TPSA) is 29.3 Å². The maximum atomic E-state index is 5.81. The van der Waals surface area contributed by atoms with Crippen molar-refractivity contribution in [2.45, 2.75) is 84.7 Å². The van der Waals surface area contributed by atoms with Gasteiger partial charge in [0.25, 0.3) is 0 Å². The zero-order valence-electron chi connectivity index (χ0n) is 13.9. The molecule has 1 rings (SSSR count). The van der Waals surface area contributed by atoms with Crippen LogP contribution in [0.2, 0.25) is 0 Å². The van der Waals surface area contributed by atoms with E-state index in [0.29, 0.717) is 11.5 Å². The van der Waals surface area contributed by atoms with Gasteiger partial charge < -0.3 is 10.6 Å². The van der Waals surface area contributed by atoms with Gasteiger partial charge in [-0.05, 0) is 63.8 Å². The van der Waals surface area contributed by atoms with E-state index < -0.39 is 0 Å². The van der Waals surface area contributed by atoms with Gasteiger partial charge in [-0.25, -0.2) is 0 Å². The molecular formula is C17H36N2. The minimum absolute atomic E-state index is 0.366. The lowest BCUT2D eigenvalue weighted by Crippen LogP contribution is -2.39. The fourth-order valence-corrected chi connectivity index (χ4v) is 3.35. The van der Waals surface area contributed by atoms with Crippen molar-refractivity contribution in [3.8, 4) is 0 Å². The molecule has 1 aliphatic carbocycles. The lowest BCUT2D eigenvalue weighted by Gasteiger charge is -2.39. The van der Waals surface area contributed by atoms with Gasteiger partial charge in [0.2, 0.25) is 0 Å². The molecule has 2 atom stereocenters. The van der Waals surface area contributed by atoms with Crippen LogP contribution in [0.1, 0.15) is 72.6 Å². The number of hydrogen-bond donors (Lipinski definition) is 1. The number of hydrogen-bond acceptors (Lipinski definition) is 2. The molecule has 0 radical (unpaired) electrons. The Bertz CT molecular complexity index is 238. The molecule has 0 aromatic rings. The van der Waals surface area contributed by atoms with Gasteiger partial charge in [0, 0.05) is 18.6 Å². The van der Waals surface area contributed by atoms with Crippen molar-refractivity contribution in [1.29, 1.82) is 0 Å². The summed E-state index contributed by atoms with van der Waals surface area (Å²) in [4.78, 5) is 2.62. The second-order valence-corrected chi connectivity index (χ2v) is 7.85. The van der Waals surface area contributed by atoms with Crippen LogP contribution in [0.15, 0.2) is 0 Å². The highest BCUT2D eigenvalue weighted by molar-refractivity contribution is 4.83. The number of nitrogens with zero attached hydrogens (tertiary/aromatic N) is 1. The molecule has 0 aliphatic heterocycles. The molecule has 2 unspecified atom stereocenters. The molecule has 0 aromatic carbocycles. The van der Waals surface area contributed by atoms with E-state index in [-0.39, 0.29) is 0 Å². The Labute approximate surface area is 121 Å². The van der Waals surface area contributed by atoms with Crippen LogP contribution in [0.25, 0.3) is 0 Å². The summed E-state index contributed by atoms with van der Waals surface area (Å²) >= 11 is 0. The Hall–Kier alpha value is -0.0800. The van der Waals surface area contributed by atoms with Crippen LogP contribution in [0.5, 0.6) is 0 Å². The predicted octanol–water partition coefficient (Wildman–Crippen LogP) is 4.04. The van der Waals surface area contributed by atoms with Crippen LogP contribution in [0.4, 0.5) is 0 Å². The van der Waals surface area contributed by atoms with Crippen molar-refractivity contribution in [3.05, 3.63) is 0 Å². The summed E-state index contributed by atoms with van der Waals surface area (Å²) in [6.07, 6.45) is 9.33. The van der Waals surface area contributed by atoms with Crippen molar-refractivity contribution in [2.24, 2.45) is 17.1 Å². The average molecular weight is 268 g/mol. The van der Waals surface area contributed by atoms with Crippen LogP contribution in [-0.2, 0) is 0 Å². The van der Waals surface area contributed by atoms with Crippen LogP contribution in [0, 0.1) is 11.3 Å². The van der Waals surface area contributed by atoms with E-state index in [0.717, 1.165) is 12.0 Å².